The van der Waals surface area contributed by atoms with Crippen molar-refractivity contribution in [3.05, 3.63) is 59.9 Å². The summed E-state index contributed by atoms with van der Waals surface area (Å²) < 4.78 is 18.0. The summed E-state index contributed by atoms with van der Waals surface area (Å²) in [6, 6.07) is 12.4. The van der Waals surface area contributed by atoms with Gasteiger partial charge < -0.3 is 10.1 Å². The van der Waals surface area contributed by atoms with Crippen LogP contribution in [0.1, 0.15) is 19.4 Å². The van der Waals surface area contributed by atoms with Gasteiger partial charge in [0.25, 0.3) is 5.91 Å². The topological polar surface area (TPSA) is 75.7 Å². The van der Waals surface area contributed by atoms with E-state index >= 15 is 0 Å². The molecule has 0 atom stereocenters. The molecule has 1 aliphatic heterocycles. The molecule has 0 aliphatic carbocycles. The van der Waals surface area contributed by atoms with Gasteiger partial charge in [-0.2, -0.15) is 0 Å². The highest BCUT2D eigenvalue weighted by Crippen LogP contribution is 2.36. The molecular formula is C20H19FN2O4. The van der Waals surface area contributed by atoms with Crippen molar-refractivity contribution in [2.75, 3.05) is 16.8 Å². The molecule has 1 N–H and O–H groups in total. The fourth-order valence-electron chi connectivity index (χ4n) is 2.93. The van der Waals surface area contributed by atoms with Gasteiger partial charge in [-0.15, -0.1) is 0 Å². The van der Waals surface area contributed by atoms with E-state index in [0.717, 1.165) is 0 Å². The Balaban J connectivity index is 1.70. The van der Waals surface area contributed by atoms with E-state index in [-0.39, 0.29) is 12.3 Å². The van der Waals surface area contributed by atoms with Gasteiger partial charge in [-0.05, 0) is 43.7 Å². The summed E-state index contributed by atoms with van der Waals surface area (Å²) in [5.41, 5.74) is 0.515. The first-order valence-corrected chi connectivity index (χ1v) is 8.42. The SMILES string of the molecule is CC1(C)C(=O)Nc2ccccc2N1C(=O)COC(=O)Cc1ccc(F)cc1. The lowest BCUT2D eigenvalue weighted by molar-refractivity contribution is -0.147. The van der Waals surface area contributed by atoms with Gasteiger partial charge in [-0.1, -0.05) is 24.3 Å². The smallest absolute Gasteiger partial charge is 0.310 e. The molecule has 0 saturated carbocycles. The number of fused-ring (bicyclic) bond motifs is 1. The van der Waals surface area contributed by atoms with Crippen LogP contribution in [0.5, 0.6) is 0 Å². The van der Waals surface area contributed by atoms with Crippen molar-refractivity contribution in [3.8, 4) is 0 Å². The lowest BCUT2D eigenvalue weighted by atomic mass is 9.96. The normalized spacial score (nSPS) is 14.9. The molecule has 2 aromatic rings. The van der Waals surface area contributed by atoms with E-state index in [9.17, 15) is 18.8 Å². The largest absolute Gasteiger partial charge is 0.455 e. The highest BCUT2D eigenvalue weighted by molar-refractivity contribution is 6.14. The van der Waals surface area contributed by atoms with Gasteiger partial charge in [0, 0.05) is 0 Å². The highest BCUT2D eigenvalue weighted by Gasteiger charge is 2.43. The van der Waals surface area contributed by atoms with Gasteiger partial charge in [0.1, 0.15) is 11.4 Å². The number of amides is 2. The molecule has 2 aromatic carbocycles. The van der Waals surface area contributed by atoms with Crippen molar-refractivity contribution < 1.29 is 23.5 Å². The number of nitrogens with one attached hydrogen (secondary N) is 1. The number of nitrogens with zero attached hydrogens (tertiary/aromatic N) is 1. The average molecular weight is 370 g/mol. The second kappa shape index (κ2) is 7.19. The number of anilines is 2. The van der Waals surface area contributed by atoms with E-state index in [4.69, 9.17) is 4.74 Å². The highest BCUT2D eigenvalue weighted by atomic mass is 19.1. The lowest BCUT2D eigenvalue weighted by Crippen LogP contribution is -2.59. The Kier molecular flexibility index (Phi) is 4.94. The molecule has 3 rings (SSSR count). The van der Waals surface area contributed by atoms with Gasteiger partial charge in [-0.25, -0.2) is 4.39 Å². The summed E-state index contributed by atoms with van der Waals surface area (Å²) in [7, 11) is 0. The third-order valence-corrected chi connectivity index (χ3v) is 4.38. The van der Waals surface area contributed by atoms with E-state index in [1.165, 1.54) is 29.2 Å². The van der Waals surface area contributed by atoms with Crippen LogP contribution in [-0.4, -0.2) is 29.9 Å². The molecule has 2 amide bonds. The molecule has 0 fully saturated rings. The number of benzene rings is 2. The minimum Gasteiger partial charge on any atom is -0.455 e. The van der Waals surface area contributed by atoms with Gasteiger partial charge in [-0.3, -0.25) is 19.3 Å². The van der Waals surface area contributed by atoms with Gasteiger partial charge in [0.15, 0.2) is 6.61 Å². The fourth-order valence-corrected chi connectivity index (χ4v) is 2.93. The van der Waals surface area contributed by atoms with E-state index < -0.39 is 29.8 Å². The first-order valence-electron chi connectivity index (χ1n) is 8.42. The summed E-state index contributed by atoms with van der Waals surface area (Å²) in [5, 5.41) is 2.77. The second-order valence-electron chi connectivity index (χ2n) is 6.72. The second-order valence-corrected chi connectivity index (χ2v) is 6.72. The Morgan fingerprint density at radius 1 is 1.11 bits per heavy atom. The van der Waals surface area contributed by atoms with Crippen molar-refractivity contribution in [1.82, 2.24) is 0 Å². The molecule has 0 spiro atoms. The van der Waals surface area contributed by atoms with Crippen LogP contribution < -0.4 is 10.2 Å². The van der Waals surface area contributed by atoms with Crippen LogP contribution in [0.15, 0.2) is 48.5 Å². The molecule has 27 heavy (non-hydrogen) atoms. The number of esters is 1. The maximum absolute atomic E-state index is 12.9. The van der Waals surface area contributed by atoms with E-state index in [1.54, 1.807) is 38.1 Å². The number of rotatable bonds is 4. The molecule has 0 radical (unpaired) electrons. The van der Waals surface area contributed by atoms with Gasteiger partial charge in [0.2, 0.25) is 5.91 Å². The van der Waals surface area contributed by atoms with Crippen molar-refractivity contribution in [2.45, 2.75) is 25.8 Å². The van der Waals surface area contributed by atoms with Crippen LogP contribution in [0.2, 0.25) is 0 Å². The van der Waals surface area contributed by atoms with E-state index in [1.807, 2.05) is 0 Å². The maximum atomic E-state index is 12.9. The first-order chi connectivity index (χ1) is 12.8. The quantitative estimate of drug-likeness (QED) is 0.840. The fraction of sp³-hybridized carbons (Fsp3) is 0.250. The van der Waals surface area contributed by atoms with Crippen LogP contribution in [0, 0.1) is 5.82 Å². The number of hydrogen-bond acceptors (Lipinski definition) is 4. The average Bonchev–Trinajstić information content (AvgIpc) is 2.62. The van der Waals surface area contributed by atoms with Crippen molar-refractivity contribution in [1.29, 1.82) is 0 Å². The van der Waals surface area contributed by atoms with E-state index in [0.29, 0.717) is 16.9 Å². The van der Waals surface area contributed by atoms with Crippen LogP contribution in [0.4, 0.5) is 15.8 Å². The van der Waals surface area contributed by atoms with Gasteiger partial charge >= 0.3 is 5.97 Å². The Morgan fingerprint density at radius 3 is 2.48 bits per heavy atom. The Bertz CT molecular complexity index is 893. The Hall–Kier alpha value is -3.22. The summed E-state index contributed by atoms with van der Waals surface area (Å²) in [6.45, 7) is 2.75. The molecule has 6 nitrogen and oxygen atoms in total. The van der Waals surface area contributed by atoms with Crippen LogP contribution >= 0.6 is 0 Å². The molecule has 140 valence electrons. The standard InChI is InChI=1S/C20H19FN2O4/c1-20(2)19(26)22-15-5-3-4-6-16(15)23(20)17(24)12-27-18(25)11-13-7-9-14(21)10-8-13/h3-10H,11-12H2,1-2H3,(H,22,26). The van der Waals surface area contributed by atoms with Gasteiger partial charge in [0.05, 0.1) is 17.8 Å². The molecule has 1 aliphatic rings. The van der Waals surface area contributed by atoms with Crippen LogP contribution in [0.3, 0.4) is 0 Å². The minimum absolute atomic E-state index is 0.0754. The predicted molar refractivity (Wildman–Crippen MR) is 97.7 cm³/mol. The van der Waals surface area contributed by atoms with Crippen molar-refractivity contribution in [3.63, 3.8) is 0 Å². The minimum atomic E-state index is -1.13. The number of halogens is 1. The Labute approximate surface area is 155 Å². The van der Waals surface area contributed by atoms with Crippen LogP contribution in [0.25, 0.3) is 0 Å². The third-order valence-electron chi connectivity index (χ3n) is 4.38. The number of hydrogen-bond donors (Lipinski definition) is 1. The lowest BCUT2D eigenvalue weighted by Gasteiger charge is -2.41. The van der Waals surface area contributed by atoms with Crippen molar-refractivity contribution in [2.24, 2.45) is 0 Å². The zero-order chi connectivity index (χ0) is 19.6. The third kappa shape index (κ3) is 3.81. The van der Waals surface area contributed by atoms with E-state index in [2.05, 4.69) is 5.32 Å². The summed E-state index contributed by atoms with van der Waals surface area (Å²) in [6.07, 6.45) is -0.0754. The summed E-state index contributed by atoms with van der Waals surface area (Å²) in [4.78, 5) is 38.4. The van der Waals surface area contributed by atoms with Crippen molar-refractivity contribution >= 4 is 29.2 Å². The zero-order valence-corrected chi connectivity index (χ0v) is 15.0. The molecular weight excluding hydrogens is 351 g/mol. The number of carbonyl (C=O) groups excluding carboxylic acids is 3. The molecule has 7 heteroatoms. The number of carbonyl (C=O) groups is 3. The summed E-state index contributed by atoms with van der Waals surface area (Å²) in [5.74, 6) is -1.84. The number of para-hydroxylation sites is 2. The molecule has 0 aromatic heterocycles. The molecule has 1 heterocycles. The Morgan fingerprint density at radius 2 is 1.78 bits per heavy atom. The first kappa shape index (κ1) is 18.6. The van der Waals surface area contributed by atoms with Crippen LogP contribution in [-0.2, 0) is 25.5 Å². The predicted octanol–water partition coefficient (Wildman–Crippen LogP) is 2.68. The zero-order valence-electron chi connectivity index (χ0n) is 15.0. The molecule has 0 unspecified atom stereocenters. The monoisotopic (exact) mass is 370 g/mol. The maximum Gasteiger partial charge on any atom is 0.310 e. The molecule has 0 bridgehead atoms. The molecule has 0 saturated heterocycles. The summed E-state index contributed by atoms with van der Waals surface area (Å²) >= 11 is 0. The number of ether oxygens (including phenoxy) is 1.